The van der Waals surface area contributed by atoms with Crippen molar-refractivity contribution in [2.24, 2.45) is 5.92 Å². The van der Waals surface area contributed by atoms with Crippen molar-refractivity contribution in [2.75, 3.05) is 26.2 Å². The highest BCUT2D eigenvalue weighted by molar-refractivity contribution is 5.76. The van der Waals surface area contributed by atoms with Crippen LogP contribution in [0.5, 0.6) is 0 Å². The maximum absolute atomic E-state index is 11.4. The van der Waals surface area contributed by atoms with Gasteiger partial charge in [0.05, 0.1) is 5.54 Å². The Hall–Kier alpha value is -1.10. The van der Waals surface area contributed by atoms with Gasteiger partial charge in [-0.25, -0.2) is 0 Å². The van der Waals surface area contributed by atoms with Gasteiger partial charge in [-0.1, -0.05) is 0 Å². The summed E-state index contributed by atoms with van der Waals surface area (Å²) in [6.07, 6.45) is 1.02. The Morgan fingerprint density at radius 2 is 2.19 bits per heavy atom. The van der Waals surface area contributed by atoms with Crippen LogP contribution < -0.4 is 10.6 Å². The Kier molecular flexibility index (Phi) is 2.88. The molecule has 0 aromatic rings. The van der Waals surface area contributed by atoms with Crippen molar-refractivity contribution < 1.29 is 9.59 Å². The number of nitrogens with zero attached hydrogens (tertiary/aromatic N) is 1. The fourth-order valence-corrected chi connectivity index (χ4v) is 2.91. The molecule has 16 heavy (non-hydrogen) atoms. The number of piperidine rings is 1. The zero-order valence-electron chi connectivity index (χ0n) is 9.88. The summed E-state index contributed by atoms with van der Waals surface area (Å²) in [5.74, 6) is 0.472. The van der Waals surface area contributed by atoms with E-state index in [9.17, 15) is 9.59 Å². The molecular formula is C11H19N3O2. The molecule has 2 heterocycles. The van der Waals surface area contributed by atoms with Crippen LogP contribution in [-0.4, -0.2) is 48.4 Å². The SMILES string of the molecule is CC(=O)N[C@@]12CNCCC1CN(C(C)=O)C2. The highest BCUT2D eigenvalue weighted by Gasteiger charge is 2.49. The molecule has 2 amide bonds. The van der Waals surface area contributed by atoms with Crippen LogP contribution in [0.25, 0.3) is 0 Å². The largest absolute Gasteiger partial charge is 0.347 e. The quantitative estimate of drug-likeness (QED) is 0.622. The fraction of sp³-hybridized carbons (Fsp3) is 0.818. The molecule has 0 bridgehead atoms. The van der Waals surface area contributed by atoms with E-state index in [0.29, 0.717) is 12.5 Å². The number of nitrogens with one attached hydrogen (secondary N) is 2. The lowest BCUT2D eigenvalue weighted by atomic mass is 9.82. The van der Waals surface area contributed by atoms with Crippen LogP contribution in [0.15, 0.2) is 0 Å². The third-order valence-electron chi connectivity index (χ3n) is 3.68. The van der Waals surface area contributed by atoms with Gasteiger partial charge in [0, 0.05) is 39.4 Å². The second kappa shape index (κ2) is 4.05. The molecule has 0 aromatic carbocycles. The van der Waals surface area contributed by atoms with E-state index >= 15 is 0 Å². The Balaban J connectivity index is 2.17. The second-order valence-corrected chi connectivity index (χ2v) is 4.90. The molecule has 0 aliphatic carbocycles. The summed E-state index contributed by atoms with van der Waals surface area (Å²) in [7, 11) is 0. The first-order valence-corrected chi connectivity index (χ1v) is 5.78. The van der Waals surface area contributed by atoms with Gasteiger partial charge in [0.1, 0.15) is 0 Å². The summed E-state index contributed by atoms with van der Waals surface area (Å²) in [6.45, 7) is 6.28. The third kappa shape index (κ3) is 1.91. The molecule has 5 nitrogen and oxygen atoms in total. The van der Waals surface area contributed by atoms with Crippen molar-refractivity contribution in [3.8, 4) is 0 Å². The molecule has 1 unspecified atom stereocenters. The molecule has 5 heteroatoms. The van der Waals surface area contributed by atoms with Crippen molar-refractivity contribution in [3.05, 3.63) is 0 Å². The molecule has 0 aromatic heterocycles. The first-order valence-electron chi connectivity index (χ1n) is 5.78. The van der Waals surface area contributed by atoms with E-state index in [1.165, 1.54) is 6.92 Å². The summed E-state index contributed by atoms with van der Waals surface area (Å²) in [5, 5.41) is 6.36. The van der Waals surface area contributed by atoms with Gasteiger partial charge < -0.3 is 15.5 Å². The van der Waals surface area contributed by atoms with Gasteiger partial charge in [0.25, 0.3) is 0 Å². The maximum Gasteiger partial charge on any atom is 0.219 e. The average molecular weight is 225 g/mol. The average Bonchev–Trinajstić information content (AvgIpc) is 2.55. The van der Waals surface area contributed by atoms with Crippen molar-refractivity contribution in [2.45, 2.75) is 25.8 Å². The topological polar surface area (TPSA) is 61.4 Å². The second-order valence-electron chi connectivity index (χ2n) is 4.90. The first-order chi connectivity index (χ1) is 7.53. The molecule has 2 aliphatic rings. The Morgan fingerprint density at radius 1 is 1.44 bits per heavy atom. The molecule has 2 N–H and O–H groups in total. The van der Waals surface area contributed by atoms with Crippen LogP contribution in [-0.2, 0) is 9.59 Å². The van der Waals surface area contributed by atoms with Crippen molar-refractivity contribution in [3.63, 3.8) is 0 Å². The Labute approximate surface area is 95.6 Å². The van der Waals surface area contributed by atoms with Crippen LogP contribution in [0.2, 0.25) is 0 Å². The van der Waals surface area contributed by atoms with Gasteiger partial charge in [-0.3, -0.25) is 9.59 Å². The van der Waals surface area contributed by atoms with Gasteiger partial charge >= 0.3 is 0 Å². The van der Waals surface area contributed by atoms with Crippen LogP contribution in [0.4, 0.5) is 0 Å². The van der Waals surface area contributed by atoms with Crippen molar-refractivity contribution in [1.82, 2.24) is 15.5 Å². The molecule has 2 aliphatic heterocycles. The number of carbonyl (C=O) groups excluding carboxylic acids is 2. The summed E-state index contributed by atoms with van der Waals surface area (Å²) in [4.78, 5) is 24.5. The molecule has 2 rings (SSSR count). The molecule has 2 saturated heterocycles. The molecule has 90 valence electrons. The lowest BCUT2D eigenvalue weighted by Gasteiger charge is -2.39. The number of hydrogen-bond donors (Lipinski definition) is 2. The third-order valence-corrected chi connectivity index (χ3v) is 3.68. The summed E-state index contributed by atoms with van der Waals surface area (Å²) in [6, 6.07) is 0. The van der Waals surface area contributed by atoms with E-state index in [1.54, 1.807) is 6.92 Å². The fourth-order valence-electron chi connectivity index (χ4n) is 2.91. The predicted molar refractivity (Wildman–Crippen MR) is 59.8 cm³/mol. The van der Waals surface area contributed by atoms with Crippen LogP contribution in [0, 0.1) is 5.92 Å². The van der Waals surface area contributed by atoms with E-state index in [-0.39, 0.29) is 17.4 Å². The van der Waals surface area contributed by atoms with E-state index < -0.39 is 0 Å². The summed E-state index contributed by atoms with van der Waals surface area (Å²) >= 11 is 0. The molecule has 2 fully saturated rings. The van der Waals surface area contributed by atoms with Gasteiger partial charge in [-0.2, -0.15) is 0 Å². The van der Waals surface area contributed by atoms with Crippen LogP contribution in [0.3, 0.4) is 0 Å². The molecular weight excluding hydrogens is 206 g/mol. The van der Waals surface area contributed by atoms with Gasteiger partial charge in [-0.15, -0.1) is 0 Å². The maximum atomic E-state index is 11.4. The number of hydrogen-bond acceptors (Lipinski definition) is 3. The standard InChI is InChI=1S/C11H19N3O2/c1-8(15)13-11-6-12-4-3-10(11)5-14(7-11)9(2)16/h10,12H,3-7H2,1-2H3,(H,13,15)/t10?,11-/m1/s1. The number of likely N-dealkylation sites (tertiary alicyclic amines) is 1. The summed E-state index contributed by atoms with van der Waals surface area (Å²) in [5.41, 5.74) is -0.240. The van der Waals surface area contributed by atoms with Crippen molar-refractivity contribution in [1.29, 1.82) is 0 Å². The monoisotopic (exact) mass is 225 g/mol. The highest BCUT2D eigenvalue weighted by atomic mass is 16.2. The molecule has 0 saturated carbocycles. The predicted octanol–water partition coefficient (Wildman–Crippen LogP) is -0.667. The van der Waals surface area contributed by atoms with E-state index in [1.807, 2.05) is 4.90 Å². The van der Waals surface area contributed by atoms with Crippen LogP contribution in [0.1, 0.15) is 20.3 Å². The lowest BCUT2D eigenvalue weighted by Crippen LogP contribution is -2.62. The Bertz CT molecular complexity index is 318. The minimum Gasteiger partial charge on any atom is -0.347 e. The Morgan fingerprint density at radius 3 is 2.81 bits per heavy atom. The van der Waals surface area contributed by atoms with Crippen molar-refractivity contribution >= 4 is 11.8 Å². The molecule has 0 radical (unpaired) electrons. The zero-order valence-corrected chi connectivity index (χ0v) is 9.88. The molecule has 0 spiro atoms. The van der Waals surface area contributed by atoms with Gasteiger partial charge in [0.15, 0.2) is 0 Å². The number of rotatable bonds is 1. The van der Waals surface area contributed by atoms with E-state index in [4.69, 9.17) is 0 Å². The molecule has 2 atom stereocenters. The normalized spacial score (nSPS) is 33.4. The first kappa shape index (κ1) is 11.4. The van der Waals surface area contributed by atoms with E-state index in [2.05, 4.69) is 10.6 Å². The summed E-state index contributed by atoms with van der Waals surface area (Å²) < 4.78 is 0. The lowest BCUT2D eigenvalue weighted by molar-refractivity contribution is -0.128. The zero-order chi connectivity index (χ0) is 11.8. The van der Waals surface area contributed by atoms with Gasteiger partial charge in [-0.05, 0) is 13.0 Å². The van der Waals surface area contributed by atoms with E-state index in [0.717, 1.165) is 26.1 Å². The highest BCUT2D eigenvalue weighted by Crippen LogP contribution is 2.32. The van der Waals surface area contributed by atoms with Crippen LogP contribution >= 0.6 is 0 Å². The smallest absolute Gasteiger partial charge is 0.219 e. The minimum absolute atomic E-state index is 0.0147. The number of amides is 2. The number of carbonyl (C=O) groups is 2. The minimum atomic E-state index is -0.240. The number of fused-ring (bicyclic) bond motifs is 1. The van der Waals surface area contributed by atoms with Gasteiger partial charge in [0.2, 0.25) is 11.8 Å².